The maximum atomic E-state index is 12.6. The highest BCUT2D eigenvalue weighted by atomic mass is 32.2. The molecule has 8 heteroatoms. The van der Waals surface area contributed by atoms with Crippen molar-refractivity contribution in [2.45, 2.75) is 17.9 Å². The van der Waals surface area contributed by atoms with Crippen LogP contribution in [-0.4, -0.2) is 54.8 Å². The van der Waals surface area contributed by atoms with Gasteiger partial charge >= 0.3 is 6.03 Å². The highest BCUT2D eigenvalue weighted by molar-refractivity contribution is 7.89. The fourth-order valence-electron chi connectivity index (χ4n) is 2.89. The second-order valence-corrected chi connectivity index (χ2v) is 8.09. The Morgan fingerprint density at radius 1 is 1.04 bits per heavy atom. The number of hydrogen-bond donors (Lipinski definition) is 1. The van der Waals surface area contributed by atoms with Crippen molar-refractivity contribution in [2.75, 3.05) is 26.2 Å². The van der Waals surface area contributed by atoms with Crippen LogP contribution in [0.15, 0.2) is 59.8 Å². The number of urea groups is 1. The third kappa shape index (κ3) is 4.03. The van der Waals surface area contributed by atoms with E-state index in [0.717, 1.165) is 5.56 Å². The molecule has 1 aliphatic heterocycles. The molecule has 3 rings (SSSR count). The molecule has 1 N–H and O–H groups in total. The maximum Gasteiger partial charge on any atom is 0.317 e. The van der Waals surface area contributed by atoms with E-state index >= 15 is 0 Å². The molecular weight excluding hydrogens is 352 g/mol. The van der Waals surface area contributed by atoms with E-state index in [-0.39, 0.29) is 30.1 Å². The van der Waals surface area contributed by atoms with Crippen LogP contribution in [0.2, 0.25) is 0 Å². The molecule has 0 radical (unpaired) electrons. The zero-order chi connectivity index (χ0) is 18.6. The zero-order valence-corrected chi connectivity index (χ0v) is 15.4. The first-order chi connectivity index (χ1) is 12.5. The predicted molar refractivity (Wildman–Crippen MR) is 98.0 cm³/mol. The zero-order valence-electron chi connectivity index (χ0n) is 14.6. The molecule has 26 heavy (non-hydrogen) atoms. The molecule has 0 aliphatic carbocycles. The first-order valence-corrected chi connectivity index (χ1v) is 9.93. The van der Waals surface area contributed by atoms with Crippen LogP contribution in [0, 0.1) is 0 Å². The molecule has 1 saturated heterocycles. The molecule has 1 aliphatic rings. The number of aromatic nitrogens is 1. The number of carbonyl (C=O) groups excluding carboxylic acids is 1. The van der Waals surface area contributed by atoms with E-state index in [1.54, 1.807) is 47.6 Å². The number of amides is 2. The van der Waals surface area contributed by atoms with Gasteiger partial charge in [-0.1, -0.05) is 18.2 Å². The third-order valence-corrected chi connectivity index (χ3v) is 6.37. The molecule has 1 unspecified atom stereocenters. The second-order valence-electron chi connectivity index (χ2n) is 6.16. The normalized spacial score (nSPS) is 16.9. The topological polar surface area (TPSA) is 82.6 Å². The molecular formula is C18H22N4O3S. The first kappa shape index (κ1) is 18.3. The summed E-state index contributed by atoms with van der Waals surface area (Å²) in [5, 5.41) is 2.94. The number of rotatable bonds is 4. The van der Waals surface area contributed by atoms with Gasteiger partial charge in [-0.15, -0.1) is 0 Å². The van der Waals surface area contributed by atoms with Gasteiger partial charge in [0.1, 0.15) is 0 Å². The summed E-state index contributed by atoms with van der Waals surface area (Å²) in [6, 6.07) is 11.8. The van der Waals surface area contributed by atoms with Gasteiger partial charge in [-0.25, -0.2) is 13.2 Å². The van der Waals surface area contributed by atoms with E-state index in [1.807, 2.05) is 19.1 Å². The van der Waals surface area contributed by atoms with Gasteiger partial charge in [0.05, 0.1) is 10.9 Å². The molecule has 0 bridgehead atoms. The molecule has 2 amide bonds. The molecule has 1 aromatic carbocycles. The van der Waals surface area contributed by atoms with Crippen molar-refractivity contribution in [1.29, 1.82) is 0 Å². The third-order valence-electron chi connectivity index (χ3n) is 4.45. The van der Waals surface area contributed by atoms with Crippen LogP contribution < -0.4 is 5.32 Å². The lowest BCUT2D eigenvalue weighted by Gasteiger charge is -2.34. The Balaban J connectivity index is 1.57. The minimum absolute atomic E-state index is 0.142. The number of nitrogens with one attached hydrogen (secondary N) is 1. The minimum atomic E-state index is -3.51. The molecule has 1 fully saturated rings. The van der Waals surface area contributed by atoms with Crippen LogP contribution in [0.1, 0.15) is 18.5 Å². The van der Waals surface area contributed by atoms with Gasteiger partial charge < -0.3 is 10.2 Å². The van der Waals surface area contributed by atoms with Crippen LogP contribution >= 0.6 is 0 Å². The SMILES string of the molecule is CC(NC(=O)N1CCN(S(=O)(=O)c2ccccc2)CC1)c1ccncc1. The number of piperazine rings is 1. The van der Waals surface area contributed by atoms with E-state index in [9.17, 15) is 13.2 Å². The Morgan fingerprint density at radius 2 is 1.65 bits per heavy atom. The predicted octanol–water partition coefficient (Wildman–Crippen LogP) is 1.86. The van der Waals surface area contributed by atoms with E-state index < -0.39 is 10.0 Å². The Bertz CT molecular complexity index is 835. The van der Waals surface area contributed by atoms with Gasteiger partial charge in [-0.2, -0.15) is 4.31 Å². The molecule has 0 saturated carbocycles. The smallest absolute Gasteiger partial charge is 0.317 e. The molecule has 2 heterocycles. The summed E-state index contributed by atoms with van der Waals surface area (Å²) in [6.07, 6.45) is 3.37. The van der Waals surface area contributed by atoms with E-state index in [2.05, 4.69) is 10.3 Å². The van der Waals surface area contributed by atoms with Crippen molar-refractivity contribution in [3.63, 3.8) is 0 Å². The Labute approximate surface area is 153 Å². The van der Waals surface area contributed by atoms with Crippen molar-refractivity contribution in [1.82, 2.24) is 19.5 Å². The van der Waals surface area contributed by atoms with Gasteiger partial charge in [0.15, 0.2) is 0 Å². The quantitative estimate of drug-likeness (QED) is 0.885. The lowest BCUT2D eigenvalue weighted by molar-refractivity contribution is 0.169. The number of benzene rings is 1. The average molecular weight is 374 g/mol. The number of nitrogens with zero attached hydrogens (tertiary/aromatic N) is 3. The molecule has 138 valence electrons. The van der Waals surface area contributed by atoms with Crippen molar-refractivity contribution in [2.24, 2.45) is 0 Å². The summed E-state index contributed by atoms with van der Waals surface area (Å²) >= 11 is 0. The Kier molecular flexibility index (Phi) is 5.53. The van der Waals surface area contributed by atoms with E-state index in [1.165, 1.54) is 4.31 Å². The second kappa shape index (κ2) is 7.84. The molecule has 1 aromatic heterocycles. The highest BCUT2D eigenvalue weighted by Crippen LogP contribution is 2.18. The fourth-order valence-corrected chi connectivity index (χ4v) is 4.33. The van der Waals surface area contributed by atoms with Crippen molar-refractivity contribution < 1.29 is 13.2 Å². The maximum absolute atomic E-state index is 12.6. The van der Waals surface area contributed by atoms with Crippen LogP contribution in [-0.2, 0) is 10.0 Å². The number of hydrogen-bond acceptors (Lipinski definition) is 4. The fraction of sp³-hybridized carbons (Fsp3) is 0.333. The van der Waals surface area contributed by atoms with Gasteiger partial charge in [0.25, 0.3) is 0 Å². The van der Waals surface area contributed by atoms with Gasteiger partial charge in [-0.3, -0.25) is 4.98 Å². The van der Waals surface area contributed by atoms with E-state index in [4.69, 9.17) is 0 Å². The summed E-state index contributed by atoms with van der Waals surface area (Å²) < 4.78 is 26.7. The summed E-state index contributed by atoms with van der Waals surface area (Å²) in [7, 11) is -3.51. The lowest BCUT2D eigenvalue weighted by atomic mass is 10.1. The van der Waals surface area contributed by atoms with Crippen molar-refractivity contribution in [3.8, 4) is 0 Å². The lowest BCUT2D eigenvalue weighted by Crippen LogP contribution is -2.53. The standard InChI is InChI=1S/C18H22N4O3S/c1-15(16-7-9-19-10-8-16)20-18(23)21-11-13-22(14-12-21)26(24,25)17-5-3-2-4-6-17/h2-10,15H,11-14H2,1H3,(H,20,23). The number of sulfonamides is 1. The Morgan fingerprint density at radius 3 is 2.27 bits per heavy atom. The van der Waals surface area contributed by atoms with Gasteiger partial charge in [-0.05, 0) is 36.8 Å². The van der Waals surface area contributed by atoms with Crippen LogP contribution in [0.5, 0.6) is 0 Å². The highest BCUT2D eigenvalue weighted by Gasteiger charge is 2.30. The van der Waals surface area contributed by atoms with Crippen molar-refractivity contribution in [3.05, 3.63) is 60.4 Å². The Hall–Kier alpha value is -2.45. The molecule has 7 nitrogen and oxygen atoms in total. The summed E-state index contributed by atoms with van der Waals surface area (Å²) in [4.78, 5) is 18.3. The van der Waals surface area contributed by atoms with Crippen molar-refractivity contribution >= 4 is 16.1 Å². The molecule has 2 aromatic rings. The van der Waals surface area contributed by atoms with Crippen LogP contribution in [0.4, 0.5) is 4.79 Å². The van der Waals surface area contributed by atoms with Crippen LogP contribution in [0.3, 0.4) is 0 Å². The van der Waals surface area contributed by atoms with Crippen LogP contribution in [0.25, 0.3) is 0 Å². The average Bonchev–Trinajstić information content (AvgIpc) is 2.69. The van der Waals surface area contributed by atoms with Gasteiger partial charge in [0.2, 0.25) is 10.0 Å². The monoisotopic (exact) mass is 374 g/mol. The number of carbonyl (C=O) groups is 1. The molecule has 0 spiro atoms. The number of pyridine rings is 1. The first-order valence-electron chi connectivity index (χ1n) is 8.49. The minimum Gasteiger partial charge on any atom is -0.331 e. The largest absolute Gasteiger partial charge is 0.331 e. The summed E-state index contributed by atoms with van der Waals surface area (Å²) in [6.45, 7) is 3.20. The van der Waals surface area contributed by atoms with Gasteiger partial charge in [0, 0.05) is 38.6 Å². The summed E-state index contributed by atoms with van der Waals surface area (Å²) in [5.41, 5.74) is 0.971. The van der Waals surface area contributed by atoms with E-state index in [0.29, 0.717) is 13.1 Å². The molecule has 1 atom stereocenters. The summed E-state index contributed by atoms with van der Waals surface area (Å²) in [5.74, 6) is 0.